The number of benzene rings is 1. The summed E-state index contributed by atoms with van der Waals surface area (Å²) in [6, 6.07) is 4.40. The van der Waals surface area contributed by atoms with Crippen LogP contribution in [0.15, 0.2) is 18.2 Å². The summed E-state index contributed by atoms with van der Waals surface area (Å²) in [5.74, 6) is -1.03. The first-order valence-corrected chi connectivity index (χ1v) is 3.98. The zero-order valence-corrected chi connectivity index (χ0v) is 7.12. The Labute approximate surface area is 78.4 Å². The molecule has 2 rings (SSSR count). The highest BCUT2D eigenvalue weighted by molar-refractivity contribution is 5.94. The SMILES string of the molecule is O=C(O)c1ccc2n[nH]c(CF)c2c1. The topological polar surface area (TPSA) is 66.0 Å². The van der Waals surface area contributed by atoms with Crippen molar-refractivity contribution in [1.29, 1.82) is 0 Å². The van der Waals surface area contributed by atoms with Crippen LogP contribution in [0.1, 0.15) is 16.1 Å². The monoisotopic (exact) mass is 194 g/mol. The van der Waals surface area contributed by atoms with Crippen LogP contribution in [0.4, 0.5) is 4.39 Å². The molecule has 0 atom stereocenters. The molecule has 0 spiro atoms. The van der Waals surface area contributed by atoms with E-state index in [-0.39, 0.29) is 5.56 Å². The van der Waals surface area contributed by atoms with E-state index < -0.39 is 12.6 Å². The van der Waals surface area contributed by atoms with E-state index in [1.54, 1.807) is 6.07 Å². The second-order valence-electron chi connectivity index (χ2n) is 2.87. The van der Waals surface area contributed by atoms with Gasteiger partial charge in [-0.05, 0) is 18.2 Å². The van der Waals surface area contributed by atoms with Crippen molar-refractivity contribution in [1.82, 2.24) is 10.2 Å². The van der Waals surface area contributed by atoms with Gasteiger partial charge in [0.2, 0.25) is 0 Å². The van der Waals surface area contributed by atoms with Crippen LogP contribution < -0.4 is 0 Å². The third-order valence-electron chi connectivity index (χ3n) is 2.01. The molecule has 0 fully saturated rings. The van der Waals surface area contributed by atoms with Crippen LogP contribution in [0.5, 0.6) is 0 Å². The first-order valence-electron chi connectivity index (χ1n) is 3.98. The van der Waals surface area contributed by atoms with E-state index in [9.17, 15) is 9.18 Å². The molecule has 2 aromatic rings. The molecule has 4 nitrogen and oxygen atoms in total. The standard InChI is InChI=1S/C9H7FN2O2/c10-4-8-6-3-5(9(13)14)1-2-7(6)11-12-8/h1-3H,4H2,(H,11,12)(H,13,14). The van der Waals surface area contributed by atoms with Gasteiger partial charge in [0, 0.05) is 5.39 Å². The van der Waals surface area contributed by atoms with Gasteiger partial charge in [-0.1, -0.05) is 0 Å². The molecular weight excluding hydrogens is 187 g/mol. The molecule has 0 bridgehead atoms. The largest absolute Gasteiger partial charge is 0.478 e. The molecule has 0 amide bonds. The van der Waals surface area contributed by atoms with Crippen LogP contribution in [-0.2, 0) is 6.67 Å². The quantitative estimate of drug-likeness (QED) is 0.765. The highest BCUT2D eigenvalue weighted by Crippen LogP contribution is 2.18. The van der Waals surface area contributed by atoms with Crippen LogP contribution in [-0.4, -0.2) is 21.3 Å². The molecule has 0 aliphatic rings. The average Bonchev–Trinajstić information content (AvgIpc) is 2.59. The number of nitrogens with one attached hydrogen (secondary N) is 1. The molecule has 0 aliphatic heterocycles. The Bertz CT molecular complexity index is 493. The number of carboxylic acids is 1. The number of nitrogens with zero attached hydrogens (tertiary/aromatic N) is 1. The summed E-state index contributed by atoms with van der Waals surface area (Å²) < 4.78 is 12.4. The average molecular weight is 194 g/mol. The van der Waals surface area contributed by atoms with Crippen molar-refractivity contribution in [3.05, 3.63) is 29.5 Å². The lowest BCUT2D eigenvalue weighted by Gasteiger charge is -1.94. The fourth-order valence-electron chi connectivity index (χ4n) is 1.30. The van der Waals surface area contributed by atoms with E-state index in [1.165, 1.54) is 12.1 Å². The van der Waals surface area contributed by atoms with Gasteiger partial charge in [0.25, 0.3) is 0 Å². The zero-order chi connectivity index (χ0) is 10.1. The van der Waals surface area contributed by atoms with Gasteiger partial charge in [0.05, 0.1) is 16.8 Å². The van der Waals surface area contributed by atoms with Crippen molar-refractivity contribution in [2.24, 2.45) is 0 Å². The van der Waals surface area contributed by atoms with Gasteiger partial charge in [-0.25, -0.2) is 9.18 Å². The Morgan fingerprint density at radius 1 is 1.57 bits per heavy atom. The van der Waals surface area contributed by atoms with E-state index in [0.29, 0.717) is 16.6 Å². The predicted molar refractivity (Wildman–Crippen MR) is 47.9 cm³/mol. The number of H-pyrrole nitrogens is 1. The minimum atomic E-state index is -1.03. The molecule has 5 heteroatoms. The Hall–Kier alpha value is -1.91. The normalized spacial score (nSPS) is 10.6. The summed E-state index contributed by atoms with van der Waals surface area (Å²) in [5, 5.41) is 15.6. The number of aromatic nitrogens is 2. The Morgan fingerprint density at radius 2 is 2.36 bits per heavy atom. The maximum absolute atomic E-state index is 12.4. The third-order valence-corrected chi connectivity index (χ3v) is 2.01. The lowest BCUT2D eigenvalue weighted by atomic mass is 10.1. The minimum absolute atomic E-state index is 0.133. The summed E-state index contributed by atoms with van der Waals surface area (Å²) >= 11 is 0. The molecule has 0 aliphatic carbocycles. The van der Waals surface area contributed by atoms with Crippen molar-refractivity contribution in [3.8, 4) is 0 Å². The number of carbonyl (C=O) groups is 1. The van der Waals surface area contributed by atoms with Crippen molar-refractivity contribution in [2.75, 3.05) is 0 Å². The fourth-order valence-corrected chi connectivity index (χ4v) is 1.30. The van der Waals surface area contributed by atoms with E-state index in [4.69, 9.17) is 5.11 Å². The van der Waals surface area contributed by atoms with Gasteiger partial charge in [-0.15, -0.1) is 0 Å². The lowest BCUT2D eigenvalue weighted by molar-refractivity contribution is 0.0697. The highest BCUT2D eigenvalue weighted by Gasteiger charge is 2.08. The number of alkyl halides is 1. The summed E-state index contributed by atoms with van der Waals surface area (Å²) in [6.07, 6.45) is 0. The molecule has 14 heavy (non-hydrogen) atoms. The first kappa shape index (κ1) is 8.68. The highest BCUT2D eigenvalue weighted by atomic mass is 19.1. The van der Waals surface area contributed by atoms with Gasteiger partial charge in [-0.3, -0.25) is 5.10 Å². The molecular formula is C9H7FN2O2. The molecule has 0 radical (unpaired) electrons. The molecule has 2 N–H and O–H groups in total. The predicted octanol–water partition coefficient (Wildman–Crippen LogP) is 1.73. The van der Waals surface area contributed by atoms with Crippen molar-refractivity contribution >= 4 is 16.9 Å². The molecule has 0 saturated heterocycles. The Kier molecular flexibility index (Phi) is 1.92. The number of aromatic carboxylic acids is 1. The second-order valence-corrected chi connectivity index (χ2v) is 2.87. The number of rotatable bonds is 2. The summed E-state index contributed by atoms with van der Waals surface area (Å²) in [4.78, 5) is 10.6. The molecule has 72 valence electrons. The third kappa shape index (κ3) is 1.22. The van der Waals surface area contributed by atoms with Crippen LogP contribution in [0.3, 0.4) is 0 Å². The molecule has 1 aromatic heterocycles. The molecule has 0 saturated carbocycles. The van der Waals surface area contributed by atoms with Gasteiger partial charge in [0.15, 0.2) is 0 Å². The smallest absolute Gasteiger partial charge is 0.335 e. The second kappa shape index (κ2) is 3.10. The minimum Gasteiger partial charge on any atom is -0.478 e. The first-order chi connectivity index (χ1) is 6.72. The van der Waals surface area contributed by atoms with Gasteiger partial charge < -0.3 is 5.11 Å². The number of hydrogen-bond donors (Lipinski definition) is 2. The van der Waals surface area contributed by atoms with Gasteiger partial charge in [-0.2, -0.15) is 5.10 Å². The summed E-state index contributed by atoms with van der Waals surface area (Å²) in [7, 11) is 0. The maximum atomic E-state index is 12.4. The Balaban J connectivity index is 2.67. The number of fused-ring (bicyclic) bond motifs is 1. The van der Waals surface area contributed by atoms with Gasteiger partial charge in [0.1, 0.15) is 6.67 Å². The van der Waals surface area contributed by atoms with Crippen molar-refractivity contribution < 1.29 is 14.3 Å². The molecule has 1 aromatic carbocycles. The van der Waals surface area contributed by atoms with Gasteiger partial charge >= 0.3 is 5.97 Å². The van der Waals surface area contributed by atoms with E-state index in [2.05, 4.69) is 10.2 Å². The van der Waals surface area contributed by atoms with Crippen molar-refractivity contribution in [2.45, 2.75) is 6.67 Å². The Morgan fingerprint density at radius 3 is 3.00 bits per heavy atom. The number of halogens is 1. The fraction of sp³-hybridized carbons (Fsp3) is 0.111. The molecule has 0 unspecified atom stereocenters. The maximum Gasteiger partial charge on any atom is 0.335 e. The number of aromatic amines is 1. The number of hydrogen-bond acceptors (Lipinski definition) is 2. The summed E-state index contributed by atoms with van der Waals surface area (Å²) in [6.45, 7) is -0.681. The lowest BCUT2D eigenvalue weighted by Crippen LogP contribution is -1.95. The number of carboxylic acid groups (broad SMARTS) is 1. The zero-order valence-electron chi connectivity index (χ0n) is 7.12. The van der Waals surface area contributed by atoms with Crippen LogP contribution in [0.25, 0.3) is 10.9 Å². The van der Waals surface area contributed by atoms with Crippen molar-refractivity contribution in [3.63, 3.8) is 0 Å². The van der Waals surface area contributed by atoms with Crippen LogP contribution in [0, 0.1) is 0 Å². The van der Waals surface area contributed by atoms with E-state index >= 15 is 0 Å². The molecule has 1 heterocycles. The summed E-state index contributed by atoms with van der Waals surface area (Å²) in [5.41, 5.74) is 1.01. The van der Waals surface area contributed by atoms with E-state index in [1.807, 2.05) is 0 Å². The van der Waals surface area contributed by atoms with Crippen LogP contribution >= 0.6 is 0 Å². The van der Waals surface area contributed by atoms with E-state index in [0.717, 1.165) is 0 Å². The van der Waals surface area contributed by atoms with Crippen LogP contribution in [0.2, 0.25) is 0 Å².